The summed E-state index contributed by atoms with van der Waals surface area (Å²) in [4.78, 5) is 3.85. The average molecular weight is 240 g/mol. The van der Waals surface area contributed by atoms with Crippen molar-refractivity contribution in [3.05, 3.63) is 0 Å². The SMILES string of the molecule is CCC[NH+]1CCC([NH+]2CCCC[C@@H]2CC)CC1. The van der Waals surface area contributed by atoms with Gasteiger partial charge in [-0.15, -0.1) is 0 Å². The largest absolute Gasteiger partial charge is 0.335 e. The van der Waals surface area contributed by atoms with E-state index >= 15 is 0 Å². The molecule has 2 atom stereocenters. The van der Waals surface area contributed by atoms with Crippen molar-refractivity contribution in [3.63, 3.8) is 0 Å². The van der Waals surface area contributed by atoms with Crippen LogP contribution in [0.5, 0.6) is 0 Å². The predicted molar refractivity (Wildman–Crippen MR) is 72.6 cm³/mol. The molecule has 2 aliphatic rings. The highest BCUT2D eigenvalue weighted by atomic mass is 15.2. The monoisotopic (exact) mass is 240 g/mol. The normalized spacial score (nSPS) is 39.2. The molecule has 0 radical (unpaired) electrons. The van der Waals surface area contributed by atoms with Gasteiger partial charge >= 0.3 is 0 Å². The van der Waals surface area contributed by atoms with E-state index < -0.39 is 0 Å². The van der Waals surface area contributed by atoms with Crippen LogP contribution in [0.4, 0.5) is 0 Å². The van der Waals surface area contributed by atoms with E-state index in [-0.39, 0.29) is 0 Å². The van der Waals surface area contributed by atoms with Gasteiger partial charge in [0.05, 0.1) is 38.3 Å². The van der Waals surface area contributed by atoms with E-state index in [1.807, 2.05) is 9.80 Å². The number of piperidine rings is 2. The molecule has 0 aromatic carbocycles. The quantitative estimate of drug-likeness (QED) is 0.699. The molecule has 100 valence electrons. The van der Waals surface area contributed by atoms with Crippen molar-refractivity contribution in [1.29, 1.82) is 0 Å². The van der Waals surface area contributed by atoms with Gasteiger partial charge in [-0.3, -0.25) is 0 Å². The predicted octanol–water partition coefficient (Wildman–Crippen LogP) is 0.291. The van der Waals surface area contributed by atoms with Crippen molar-refractivity contribution in [2.24, 2.45) is 0 Å². The summed E-state index contributed by atoms with van der Waals surface area (Å²) in [7, 11) is 0. The molecule has 2 N–H and O–H groups in total. The molecule has 0 aromatic heterocycles. The fourth-order valence-corrected chi connectivity index (χ4v) is 4.11. The molecule has 17 heavy (non-hydrogen) atoms. The number of quaternary nitrogens is 2. The minimum atomic E-state index is 0.987. The van der Waals surface area contributed by atoms with Crippen molar-refractivity contribution >= 4 is 0 Å². The minimum Gasteiger partial charge on any atom is -0.335 e. The molecule has 2 heterocycles. The van der Waals surface area contributed by atoms with Crippen LogP contribution in [-0.4, -0.2) is 38.3 Å². The number of nitrogens with one attached hydrogen (secondary N) is 2. The molecular weight excluding hydrogens is 208 g/mol. The van der Waals surface area contributed by atoms with Gasteiger partial charge in [0, 0.05) is 12.8 Å². The fraction of sp³-hybridized carbons (Fsp3) is 1.00. The van der Waals surface area contributed by atoms with Crippen molar-refractivity contribution < 1.29 is 9.80 Å². The van der Waals surface area contributed by atoms with E-state index in [0.29, 0.717) is 0 Å². The van der Waals surface area contributed by atoms with E-state index in [0.717, 1.165) is 12.1 Å². The van der Waals surface area contributed by atoms with Crippen LogP contribution < -0.4 is 9.80 Å². The highest BCUT2D eigenvalue weighted by Crippen LogP contribution is 2.09. The molecule has 0 saturated carbocycles. The van der Waals surface area contributed by atoms with Crippen LogP contribution in [-0.2, 0) is 0 Å². The summed E-state index contributed by atoms with van der Waals surface area (Å²) in [5.41, 5.74) is 0. The lowest BCUT2D eigenvalue weighted by Crippen LogP contribution is -3.23. The summed E-state index contributed by atoms with van der Waals surface area (Å²) in [6.07, 6.45) is 10.2. The Balaban J connectivity index is 1.82. The smallest absolute Gasteiger partial charge is 0.0985 e. The molecule has 2 rings (SSSR count). The molecule has 2 heteroatoms. The van der Waals surface area contributed by atoms with Crippen molar-refractivity contribution in [2.45, 2.75) is 70.9 Å². The summed E-state index contributed by atoms with van der Waals surface area (Å²) >= 11 is 0. The summed E-state index contributed by atoms with van der Waals surface area (Å²) in [5, 5.41) is 0. The molecule has 1 unspecified atom stereocenters. The molecule has 0 bridgehead atoms. The lowest BCUT2D eigenvalue weighted by Gasteiger charge is -2.40. The van der Waals surface area contributed by atoms with Crippen LogP contribution in [0, 0.1) is 0 Å². The zero-order valence-electron chi connectivity index (χ0n) is 11.9. The van der Waals surface area contributed by atoms with Gasteiger partial charge in [-0.2, -0.15) is 0 Å². The van der Waals surface area contributed by atoms with Crippen molar-refractivity contribution in [3.8, 4) is 0 Å². The Hall–Kier alpha value is -0.0800. The zero-order chi connectivity index (χ0) is 12.1. The highest BCUT2D eigenvalue weighted by Gasteiger charge is 2.34. The van der Waals surface area contributed by atoms with Crippen LogP contribution in [0.1, 0.15) is 58.8 Å². The number of hydrogen-bond acceptors (Lipinski definition) is 0. The van der Waals surface area contributed by atoms with E-state index in [2.05, 4.69) is 13.8 Å². The molecule has 0 spiro atoms. The van der Waals surface area contributed by atoms with Gasteiger partial charge in [-0.1, -0.05) is 13.8 Å². The Morgan fingerprint density at radius 2 is 1.71 bits per heavy atom. The lowest BCUT2D eigenvalue weighted by molar-refractivity contribution is -0.977. The Kier molecular flexibility index (Phi) is 5.30. The number of hydrogen-bond donors (Lipinski definition) is 2. The molecule has 0 aliphatic carbocycles. The van der Waals surface area contributed by atoms with Crippen LogP contribution in [0.25, 0.3) is 0 Å². The fourth-order valence-electron chi connectivity index (χ4n) is 4.11. The van der Waals surface area contributed by atoms with Crippen LogP contribution >= 0.6 is 0 Å². The minimum absolute atomic E-state index is 0.987. The Labute approximate surface area is 107 Å². The Morgan fingerprint density at radius 1 is 0.941 bits per heavy atom. The molecule has 2 aliphatic heterocycles. The summed E-state index contributed by atoms with van der Waals surface area (Å²) in [6, 6.07) is 1.99. The van der Waals surface area contributed by atoms with E-state index in [1.165, 1.54) is 71.1 Å². The number of likely N-dealkylation sites (tertiary alicyclic amines) is 2. The maximum atomic E-state index is 2.40. The molecule has 2 nitrogen and oxygen atoms in total. The first-order valence-electron chi connectivity index (χ1n) is 8.04. The van der Waals surface area contributed by atoms with E-state index in [1.54, 1.807) is 0 Å². The van der Waals surface area contributed by atoms with Gasteiger partial charge in [-0.05, 0) is 32.1 Å². The first-order valence-corrected chi connectivity index (χ1v) is 8.04. The first-order chi connectivity index (χ1) is 8.35. The number of rotatable bonds is 4. The maximum Gasteiger partial charge on any atom is 0.0985 e. The molecule has 0 aromatic rings. The Morgan fingerprint density at radius 3 is 2.35 bits per heavy atom. The third-order valence-corrected chi connectivity index (χ3v) is 5.11. The second-order valence-electron chi connectivity index (χ2n) is 6.20. The van der Waals surface area contributed by atoms with Gasteiger partial charge < -0.3 is 9.80 Å². The summed E-state index contributed by atoms with van der Waals surface area (Å²) in [5.74, 6) is 0. The van der Waals surface area contributed by atoms with Gasteiger partial charge in [0.2, 0.25) is 0 Å². The zero-order valence-corrected chi connectivity index (χ0v) is 11.9. The summed E-state index contributed by atoms with van der Waals surface area (Å²) < 4.78 is 0. The maximum absolute atomic E-state index is 2.40. The van der Waals surface area contributed by atoms with Gasteiger partial charge in [0.1, 0.15) is 0 Å². The van der Waals surface area contributed by atoms with Gasteiger partial charge in [0.15, 0.2) is 0 Å². The topological polar surface area (TPSA) is 8.88 Å². The van der Waals surface area contributed by atoms with Crippen molar-refractivity contribution in [1.82, 2.24) is 0 Å². The standard InChI is InChI=1S/C15H30N2/c1-3-10-16-12-8-15(9-13-16)17-11-6-5-7-14(17)4-2/h14-15H,3-13H2,1-2H3/p+2/t14-/m0/s1. The highest BCUT2D eigenvalue weighted by molar-refractivity contribution is 4.66. The Bertz CT molecular complexity index is 209. The molecule has 0 amide bonds. The van der Waals surface area contributed by atoms with Crippen LogP contribution in [0.3, 0.4) is 0 Å². The lowest BCUT2D eigenvalue weighted by atomic mass is 9.94. The third kappa shape index (κ3) is 3.45. The van der Waals surface area contributed by atoms with E-state index in [4.69, 9.17) is 0 Å². The molecular formula is C15H32N2+2. The van der Waals surface area contributed by atoms with Crippen LogP contribution in [0.15, 0.2) is 0 Å². The van der Waals surface area contributed by atoms with Crippen LogP contribution in [0.2, 0.25) is 0 Å². The second-order valence-corrected chi connectivity index (χ2v) is 6.20. The van der Waals surface area contributed by atoms with E-state index in [9.17, 15) is 0 Å². The average Bonchev–Trinajstić information content (AvgIpc) is 2.40. The molecule has 2 saturated heterocycles. The van der Waals surface area contributed by atoms with Gasteiger partial charge in [0.25, 0.3) is 0 Å². The van der Waals surface area contributed by atoms with Crippen molar-refractivity contribution in [2.75, 3.05) is 26.2 Å². The summed E-state index contributed by atoms with van der Waals surface area (Å²) in [6.45, 7) is 10.5. The molecule has 2 fully saturated rings. The third-order valence-electron chi connectivity index (χ3n) is 5.11. The first kappa shape index (κ1) is 13.4. The van der Waals surface area contributed by atoms with Gasteiger partial charge in [-0.25, -0.2) is 0 Å². The second kappa shape index (κ2) is 6.75.